The second kappa shape index (κ2) is 5.48. The van der Waals surface area contributed by atoms with Crippen LogP contribution in [0, 0.1) is 6.92 Å². The van der Waals surface area contributed by atoms with E-state index in [0.717, 1.165) is 11.3 Å². The maximum atomic E-state index is 12.5. The van der Waals surface area contributed by atoms with E-state index in [9.17, 15) is 9.59 Å². The zero-order chi connectivity index (χ0) is 15.7. The summed E-state index contributed by atoms with van der Waals surface area (Å²) in [4.78, 5) is 26.1. The van der Waals surface area contributed by atoms with Gasteiger partial charge in [0.1, 0.15) is 5.58 Å². The second-order valence-corrected chi connectivity index (χ2v) is 5.17. The molecule has 110 valence electrons. The molecule has 0 radical (unpaired) electrons. The molecule has 4 heteroatoms. The summed E-state index contributed by atoms with van der Waals surface area (Å²) in [5.74, 6) is -0.321. The summed E-state index contributed by atoms with van der Waals surface area (Å²) in [6, 6.07) is 15.8. The van der Waals surface area contributed by atoms with Crippen LogP contribution in [0.15, 0.2) is 63.8 Å². The summed E-state index contributed by atoms with van der Waals surface area (Å²) in [5, 5.41) is 0.485. The third kappa shape index (κ3) is 2.51. The molecule has 0 spiro atoms. The summed E-state index contributed by atoms with van der Waals surface area (Å²) in [7, 11) is 1.65. The summed E-state index contributed by atoms with van der Waals surface area (Å²) in [6.45, 7) is 1.90. The highest BCUT2D eigenvalue weighted by Crippen LogP contribution is 2.18. The summed E-state index contributed by atoms with van der Waals surface area (Å²) in [6.07, 6.45) is 0. The van der Waals surface area contributed by atoms with Crippen LogP contribution in [0.5, 0.6) is 0 Å². The number of aryl methyl sites for hydroxylation is 1. The molecule has 0 bridgehead atoms. The number of amides is 1. The summed E-state index contributed by atoms with van der Waals surface area (Å²) >= 11 is 0. The smallest absolute Gasteiger partial charge is 0.293 e. The largest absolute Gasteiger partial charge is 0.451 e. The van der Waals surface area contributed by atoms with Gasteiger partial charge in [0.15, 0.2) is 11.2 Å². The van der Waals surface area contributed by atoms with Crippen molar-refractivity contribution in [1.82, 2.24) is 0 Å². The van der Waals surface area contributed by atoms with Gasteiger partial charge >= 0.3 is 0 Å². The average Bonchev–Trinajstić information content (AvgIpc) is 2.55. The number of rotatable bonds is 2. The first-order valence-corrected chi connectivity index (χ1v) is 6.94. The van der Waals surface area contributed by atoms with Gasteiger partial charge < -0.3 is 9.32 Å². The molecule has 0 fully saturated rings. The first-order chi connectivity index (χ1) is 10.6. The molecular formula is C18H15NO3. The highest BCUT2D eigenvalue weighted by Gasteiger charge is 2.17. The van der Waals surface area contributed by atoms with E-state index < -0.39 is 0 Å². The molecule has 3 rings (SSSR count). The van der Waals surface area contributed by atoms with Gasteiger partial charge in [-0.25, -0.2) is 0 Å². The molecule has 0 unspecified atom stereocenters. The number of carbonyl (C=O) groups excluding carboxylic acids is 1. The van der Waals surface area contributed by atoms with Crippen LogP contribution < -0.4 is 10.3 Å². The van der Waals surface area contributed by atoms with Gasteiger partial charge in [-0.1, -0.05) is 29.8 Å². The van der Waals surface area contributed by atoms with E-state index in [1.807, 2.05) is 43.3 Å². The maximum absolute atomic E-state index is 12.5. The predicted octanol–water partition coefficient (Wildman–Crippen LogP) is 3.38. The quantitative estimate of drug-likeness (QED) is 0.728. The van der Waals surface area contributed by atoms with Crippen molar-refractivity contribution in [2.24, 2.45) is 0 Å². The highest BCUT2D eigenvalue weighted by atomic mass is 16.3. The van der Waals surface area contributed by atoms with Crippen LogP contribution >= 0.6 is 0 Å². The van der Waals surface area contributed by atoms with E-state index in [1.165, 1.54) is 11.0 Å². The number of nitrogens with zero attached hydrogens (tertiary/aromatic N) is 1. The SMILES string of the molecule is Cc1ccc2oc(C(=O)N(C)c3ccccc3)cc(=O)c2c1. The lowest BCUT2D eigenvalue weighted by molar-refractivity contribution is 0.0967. The molecule has 1 heterocycles. The van der Waals surface area contributed by atoms with Crippen LogP contribution in [0.4, 0.5) is 5.69 Å². The van der Waals surface area contributed by atoms with E-state index >= 15 is 0 Å². The molecule has 3 aromatic rings. The minimum Gasteiger partial charge on any atom is -0.451 e. The van der Waals surface area contributed by atoms with Gasteiger partial charge in [-0.15, -0.1) is 0 Å². The first kappa shape index (κ1) is 14.1. The van der Waals surface area contributed by atoms with E-state index in [4.69, 9.17) is 4.42 Å². The zero-order valence-corrected chi connectivity index (χ0v) is 12.4. The molecule has 0 N–H and O–H groups in total. The Bertz CT molecular complexity index is 897. The van der Waals surface area contributed by atoms with Gasteiger partial charge in [-0.2, -0.15) is 0 Å². The van der Waals surface area contributed by atoms with Crippen molar-refractivity contribution < 1.29 is 9.21 Å². The number of carbonyl (C=O) groups is 1. The minimum absolute atomic E-state index is 0.0349. The average molecular weight is 293 g/mol. The van der Waals surface area contributed by atoms with Crippen LogP contribution in [0.2, 0.25) is 0 Å². The number of hydrogen-bond acceptors (Lipinski definition) is 3. The van der Waals surface area contributed by atoms with Gasteiger partial charge in [0, 0.05) is 18.8 Å². The van der Waals surface area contributed by atoms with Crippen LogP contribution in [0.1, 0.15) is 16.1 Å². The van der Waals surface area contributed by atoms with Crippen molar-refractivity contribution in [1.29, 1.82) is 0 Å². The lowest BCUT2D eigenvalue weighted by Gasteiger charge is -2.16. The fourth-order valence-electron chi connectivity index (χ4n) is 2.31. The van der Waals surface area contributed by atoms with Crippen LogP contribution in [0.25, 0.3) is 11.0 Å². The minimum atomic E-state index is -0.356. The van der Waals surface area contributed by atoms with Crippen molar-refractivity contribution in [3.05, 3.63) is 76.1 Å². The van der Waals surface area contributed by atoms with E-state index in [1.54, 1.807) is 19.2 Å². The Morgan fingerprint density at radius 2 is 1.77 bits per heavy atom. The second-order valence-electron chi connectivity index (χ2n) is 5.17. The zero-order valence-electron chi connectivity index (χ0n) is 12.4. The summed E-state index contributed by atoms with van der Waals surface area (Å²) in [5.41, 5.74) is 1.91. The lowest BCUT2D eigenvalue weighted by atomic mass is 10.1. The van der Waals surface area contributed by atoms with Crippen molar-refractivity contribution >= 4 is 22.6 Å². The molecule has 0 aliphatic carbocycles. The Labute approximate surface area is 127 Å². The Morgan fingerprint density at radius 1 is 1.05 bits per heavy atom. The molecule has 1 amide bonds. The number of para-hydroxylation sites is 1. The molecular weight excluding hydrogens is 278 g/mol. The lowest BCUT2D eigenvalue weighted by Crippen LogP contribution is -2.27. The van der Waals surface area contributed by atoms with Crippen molar-refractivity contribution in [2.45, 2.75) is 6.92 Å². The number of fused-ring (bicyclic) bond motifs is 1. The van der Waals surface area contributed by atoms with Crippen LogP contribution in [-0.4, -0.2) is 13.0 Å². The number of hydrogen-bond donors (Lipinski definition) is 0. The third-order valence-electron chi connectivity index (χ3n) is 3.54. The van der Waals surface area contributed by atoms with Crippen LogP contribution in [-0.2, 0) is 0 Å². The molecule has 0 aliphatic heterocycles. The molecule has 0 atom stereocenters. The van der Waals surface area contributed by atoms with Crippen molar-refractivity contribution in [2.75, 3.05) is 11.9 Å². The summed E-state index contributed by atoms with van der Waals surface area (Å²) < 4.78 is 5.61. The molecule has 0 saturated heterocycles. The number of benzene rings is 2. The van der Waals surface area contributed by atoms with Crippen molar-refractivity contribution in [3.8, 4) is 0 Å². The first-order valence-electron chi connectivity index (χ1n) is 6.94. The Balaban J connectivity index is 2.05. The monoisotopic (exact) mass is 293 g/mol. The Kier molecular flexibility index (Phi) is 3.51. The van der Waals surface area contributed by atoms with Gasteiger partial charge in [0.25, 0.3) is 5.91 Å². The highest BCUT2D eigenvalue weighted by molar-refractivity contribution is 6.04. The molecule has 1 aromatic heterocycles. The van der Waals surface area contributed by atoms with Gasteiger partial charge in [0.2, 0.25) is 0 Å². The molecule has 2 aromatic carbocycles. The van der Waals surface area contributed by atoms with E-state index in [2.05, 4.69) is 0 Å². The number of anilines is 1. The topological polar surface area (TPSA) is 50.5 Å². The van der Waals surface area contributed by atoms with E-state index in [-0.39, 0.29) is 17.1 Å². The molecule has 0 aliphatic rings. The molecule has 0 saturated carbocycles. The Morgan fingerprint density at radius 3 is 2.50 bits per heavy atom. The van der Waals surface area contributed by atoms with Gasteiger partial charge in [0.05, 0.1) is 5.39 Å². The Hall–Kier alpha value is -2.88. The molecule has 22 heavy (non-hydrogen) atoms. The van der Waals surface area contributed by atoms with Gasteiger partial charge in [-0.3, -0.25) is 9.59 Å². The standard InChI is InChI=1S/C18H15NO3/c1-12-8-9-16-14(10-12)15(20)11-17(22-16)18(21)19(2)13-6-4-3-5-7-13/h3-11H,1-2H3. The predicted molar refractivity (Wildman–Crippen MR) is 86.4 cm³/mol. The fourth-order valence-corrected chi connectivity index (χ4v) is 2.31. The third-order valence-corrected chi connectivity index (χ3v) is 3.54. The van der Waals surface area contributed by atoms with E-state index in [0.29, 0.717) is 11.0 Å². The van der Waals surface area contributed by atoms with Gasteiger partial charge in [-0.05, 0) is 31.2 Å². The fraction of sp³-hybridized carbons (Fsp3) is 0.111. The van der Waals surface area contributed by atoms with Crippen molar-refractivity contribution in [3.63, 3.8) is 0 Å². The molecule has 4 nitrogen and oxygen atoms in total. The maximum Gasteiger partial charge on any atom is 0.293 e. The normalized spacial score (nSPS) is 10.6. The van der Waals surface area contributed by atoms with Crippen LogP contribution in [0.3, 0.4) is 0 Å².